The summed E-state index contributed by atoms with van der Waals surface area (Å²) in [7, 11) is 1.81. The molecule has 1 N–H and O–H groups in total. The minimum absolute atomic E-state index is 0. The number of aryl methyl sites for hydroxylation is 1. The predicted molar refractivity (Wildman–Crippen MR) is 113 cm³/mol. The summed E-state index contributed by atoms with van der Waals surface area (Å²) in [6.45, 7) is 6.60. The molecular formula is C19H27FIN5. The maximum Gasteiger partial charge on any atom is 0.193 e. The van der Waals surface area contributed by atoms with E-state index in [0.717, 1.165) is 31.0 Å². The average molecular weight is 471 g/mol. The van der Waals surface area contributed by atoms with Gasteiger partial charge in [0.2, 0.25) is 0 Å². The standard InChI is InChI=1S/C19H26FN5.HI/c1-14-6-8-24(12-18(14)25-9-7-22-13-25)19(21-3)23-11-16-4-5-17(20)15(2)10-16;/h4-5,7,9-10,13-14,18H,6,8,11-12H2,1-3H3,(H,21,23);1H. The van der Waals surface area contributed by atoms with Gasteiger partial charge in [-0.25, -0.2) is 9.37 Å². The Morgan fingerprint density at radius 1 is 1.42 bits per heavy atom. The molecule has 26 heavy (non-hydrogen) atoms. The summed E-state index contributed by atoms with van der Waals surface area (Å²) in [5.41, 5.74) is 1.72. The van der Waals surface area contributed by atoms with Crippen molar-refractivity contribution in [1.82, 2.24) is 19.8 Å². The van der Waals surface area contributed by atoms with Gasteiger partial charge in [-0.2, -0.15) is 0 Å². The molecule has 0 radical (unpaired) electrons. The van der Waals surface area contributed by atoms with Gasteiger partial charge in [-0.1, -0.05) is 19.1 Å². The molecule has 1 fully saturated rings. The van der Waals surface area contributed by atoms with E-state index in [4.69, 9.17) is 0 Å². The van der Waals surface area contributed by atoms with Crippen LogP contribution in [-0.4, -0.2) is 40.5 Å². The Labute approximate surface area is 171 Å². The first-order valence-electron chi connectivity index (χ1n) is 8.76. The highest BCUT2D eigenvalue weighted by molar-refractivity contribution is 14.0. The molecular weight excluding hydrogens is 444 g/mol. The Morgan fingerprint density at radius 2 is 2.23 bits per heavy atom. The number of imidazole rings is 1. The van der Waals surface area contributed by atoms with Gasteiger partial charge in [-0.3, -0.25) is 4.99 Å². The molecule has 1 aromatic carbocycles. The van der Waals surface area contributed by atoms with Crippen molar-refractivity contribution in [2.24, 2.45) is 10.9 Å². The summed E-state index contributed by atoms with van der Waals surface area (Å²) >= 11 is 0. The smallest absolute Gasteiger partial charge is 0.193 e. The number of nitrogens with one attached hydrogen (secondary N) is 1. The molecule has 2 unspecified atom stereocenters. The van der Waals surface area contributed by atoms with Crippen LogP contribution in [0.15, 0.2) is 41.9 Å². The van der Waals surface area contributed by atoms with Crippen LogP contribution in [0.2, 0.25) is 0 Å². The molecule has 1 aliphatic rings. The molecule has 0 aliphatic carbocycles. The summed E-state index contributed by atoms with van der Waals surface area (Å²) in [5, 5.41) is 3.41. The first-order chi connectivity index (χ1) is 12.1. The van der Waals surface area contributed by atoms with Crippen LogP contribution in [0.5, 0.6) is 0 Å². The van der Waals surface area contributed by atoms with Crippen LogP contribution in [-0.2, 0) is 6.54 Å². The van der Waals surface area contributed by atoms with Crippen molar-refractivity contribution in [1.29, 1.82) is 0 Å². The third-order valence-electron chi connectivity index (χ3n) is 5.01. The number of hydrogen-bond acceptors (Lipinski definition) is 2. The Balaban J connectivity index is 0.00000243. The average Bonchev–Trinajstić information content (AvgIpc) is 3.14. The first-order valence-corrected chi connectivity index (χ1v) is 8.76. The van der Waals surface area contributed by atoms with Crippen molar-refractivity contribution in [3.8, 4) is 0 Å². The van der Waals surface area contributed by atoms with Crippen molar-refractivity contribution < 1.29 is 4.39 Å². The molecule has 5 nitrogen and oxygen atoms in total. The van der Waals surface area contributed by atoms with Gasteiger partial charge in [-0.05, 0) is 36.5 Å². The number of aromatic nitrogens is 2. The number of piperidine rings is 1. The minimum Gasteiger partial charge on any atom is -0.352 e. The SMILES string of the molecule is CN=C(NCc1ccc(F)c(C)c1)N1CCC(C)C(n2ccnc2)C1.I. The van der Waals surface area contributed by atoms with Crippen LogP contribution in [0.4, 0.5) is 4.39 Å². The van der Waals surface area contributed by atoms with E-state index >= 15 is 0 Å². The lowest BCUT2D eigenvalue weighted by Gasteiger charge is -2.39. The van der Waals surface area contributed by atoms with Crippen LogP contribution >= 0.6 is 24.0 Å². The van der Waals surface area contributed by atoms with Crippen molar-refractivity contribution in [2.45, 2.75) is 32.9 Å². The second kappa shape index (κ2) is 9.34. The van der Waals surface area contributed by atoms with E-state index < -0.39 is 0 Å². The molecule has 1 aromatic heterocycles. The van der Waals surface area contributed by atoms with Crippen LogP contribution < -0.4 is 5.32 Å². The van der Waals surface area contributed by atoms with E-state index in [0.29, 0.717) is 24.1 Å². The quantitative estimate of drug-likeness (QED) is 0.423. The van der Waals surface area contributed by atoms with Gasteiger partial charge in [0, 0.05) is 39.1 Å². The largest absolute Gasteiger partial charge is 0.352 e. The number of benzene rings is 1. The molecule has 2 heterocycles. The van der Waals surface area contributed by atoms with E-state index in [-0.39, 0.29) is 29.8 Å². The van der Waals surface area contributed by atoms with Gasteiger partial charge in [0.05, 0.1) is 12.4 Å². The summed E-state index contributed by atoms with van der Waals surface area (Å²) in [4.78, 5) is 10.9. The maximum atomic E-state index is 13.4. The van der Waals surface area contributed by atoms with E-state index in [2.05, 4.69) is 31.7 Å². The maximum absolute atomic E-state index is 13.4. The van der Waals surface area contributed by atoms with Gasteiger partial charge < -0.3 is 14.8 Å². The minimum atomic E-state index is -0.165. The Hall–Kier alpha value is -1.64. The molecule has 0 amide bonds. The van der Waals surface area contributed by atoms with Crippen LogP contribution in [0.25, 0.3) is 0 Å². The molecule has 1 saturated heterocycles. The second-order valence-electron chi connectivity index (χ2n) is 6.77. The Kier molecular flexibility index (Phi) is 7.43. The number of halogens is 2. The highest BCUT2D eigenvalue weighted by atomic mass is 127. The lowest BCUT2D eigenvalue weighted by Crippen LogP contribution is -2.48. The normalized spacial score (nSPS) is 20.6. The van der Waals surface area contributed by atoms with Crippen molar-refractivity contribution >= 4 is 29.9 Å². The van der Waals surface area contributed by atoms with Gasteiger partial charge in [-0.15, -0.1) is 24.0 Å². The Bertz CT molecular complexity index is 732. The monoisotopic (exact) mass is 471 g/mol. The second-order valence-corrected chi connectivity index (χ2v) is 6.77. The molecule has 0 bridgehead atoms. The van der Waals surface area contributed by atoms with Crippen LogP contribution in [0.1, 0.15) is 30.5 Å². The van der Waals surface area contributed by atoms with Crippen LogP contribution in [0.3, 0.4) is 0 Å². The summed E-state index contributed by atoms with van der Waals surface area (Å²) in [5.74, 6) is 1.32. The molecule has 142 valence electrons. The predicted octanol–water partition coefficient (Wildman–Crippen LogP) is 3.61. The zero-order chi connectivity index (χ0) is 17.8. The third-order valence-corrected chi connectivity index (χ3v) is 5.01. The highest BCUT2D eigenvalue weighted by Gasteiger charge is 2.28. The van der Waals surface area contributed by atoms with Crippen LogP contribution in [0, 0.1) is 18.7 Å². The fraction of sp³-hybridized carbons (Fsp3) is 0.474. The van der Waals surface area contributed by atoms with E-state index in [1.165, 1.54) is 6.07 Å². The number of hydrogen-bond donors (Lipinski definition) is 1. The molecule has 1 aliphatic heterocycles. The van der Waals surface area contributed by atoms with Gasteiger partial charge in [0.1, 0.15) is 5.82 Å². The van der Waals surface area contributed by atoms with Gasteiger partial charge in [0.15, 0.2) is 5.96 Å². The summed E-state index contributed by atoms with van der Waals surface area (Å²) in [6, 6.07) is 5.60. The Morgan fingerprint density at radius 3 is 2.88 bits per heavy atom. The van der Waals surface area contributed by atoms with E-state index in [1.54, 1.807) is 6.92 Å². The summed E-state index contributed by atoms with van der Waals surface area (Å²) in [6.07, 6.45) is 6.86. The number of aliphatic imine (C=N–C) groups is 1. The van der Waals surface area contributed by atoms with Gasteiger partial charge >= 0.3 is 0 Å². The first kappa shape index (κ1) is 20.7. The molecule has 0 saturated carbocycles. The fourth-order valence-electron chi connectivity index (χ4n) is 3.43. The number of nitrogens with zero attached hydrogens (tertiary/aromatic N) is 4. The molecule has 7 heteroatoms. The summed E-state index contributed by atoms with van der Waals surface area (Å²) < 4.78 is 15.6. The molecule has 2 atom stereocenters. The number of guanidine groups is 1. The number of likely N-dealkylation sites (tertiary alicyclic amines) is 1. The van der Waals surface area contributed by atoms with Gasteiger partial charge in [0.25, 0.3) is 0 Å². The highest BCUT2D eigenvalue weighted by Crippen LogP contribution is 2.27. The van der Waals surface area contributed by atoms with E-state index in [9.17, 15) is 4.39 Å². The fourth-order valence-corrected chi connectivity index (χ4v) is 3.43. The van der Waals surface area contributed by atoms with E-state index in [1.807, 2.05) is 37.9 Å². The third kappa shape index (κ3) is 4.75. The molecule has 0 spiro atoms. The number of rotatable bonds is 3. The molecule has 2 aromatic rings. The zero-order valence-electron chi connectivity index (χ0n) is 15.5. The van der Waals surface area contributed by atoms with Crippen molar-refractivity contribution in [3.05, 3.63) is 53.9 Å². The van der Waals surface area contributed by atoms with Crippen molar-refractivity contribution in [3.63, 3.8) is 0 Å². The molecule has 3 rings (SSSR count). The van der Waals surface area contributed by atoms with Crippen molar-refractivity contribution in [2.75, 3.05) is 20.1 Å². The lowest BCUT2D eigenvalue weighted by atomic mass is 9.93. The zero-order valence-corrected chi connectivity index (χ0v) is 17.9. The topological polar surface area (TPSA) is 45.5 Å². The lowest BCUT2D eigenvalue weighted by molar-refractivity contribution is 0.189.